The highest BCUT2D eigenvalue weighted by atomic mass is 16.8. The lowest BCUT2D eigenvalue weighted by Gasteiger charge is -2.46. The molecule has 0 aliphatic carbocycles. The number of fused-ring (bicyclic) bond motifs is 2. The number of nitrogens with zero attached hydrogens (tertiary/aromatic N) is 1. The number of aliphatic hydroxyl groups is 6. The maximum Gasteiger partial charge on any atom is 0.324 e. The lowest BCUT2D eigenvalue weighted by atomic mass is 9.92. The van der Waals surface area contributed by atoms with Crippen LogP contribution in [0.25, 0.3) is 27.8 Å². The zero-order chi connectivity index (χ0) is 46.6. The topological polar surface area (TPSA) is 292 Å². The Morgan fingerprint density at radius 2 is 1.77 bits per heavy atom. The summed E-state index contributed by atoms with van der Waals surface area (Å²) in [6.07, 6.45) is -3.33. The summed E-state index contributed by atoms with van der Waals surface area (Å²) >= 11 is 0. The van der Waals surface area contributed by atoms with E-state index >= 15 is 0 Å². The second-order valence-electron chi connectivity index (χ2n) is 16.1. The van der Waals surface area contributed by atoms with E-state index in [1.807, 2.05) is 31.2 Å². The molecule has 0 saturated carbocycles. The number of phenols is 1. The number of esters is 1. The van der Waals surface area contributed by atoms with Gasteiger partial charge in [-0.25, -0.2) is 4.99 Å². The lowest BCUT2D eigenvalue weighted by molar-refractivity contribution is -1.04. The quantitative estimate of drug-likeness (QED) is 0.0258. The van der Waals surface area contributed by atoms with Gasteiger partial charge in [0.25, 0.3) is 5.79 Å². The summed E-state index contributed by atoms with van der Waals surface area (Å²) in [6, 6.07) is 14.9. The largest absolute Gasteiger partial charge is 0.508 e. The first kappa shape index (κ1) is 47.1. The first-order chi connectivity index (χ1) is 31.2. The van der Waals surface area contributed by atoms with E-state index in [0.29, 0.717) is 34.9 Å². The van der Waals surface area contributed by atoms with E-state index in [2.05, 4.69) is 10.3 Å². The highest BCUT2D eigenvalue weighted by molar-refractivity contribution is 5.95. The van der Waals surface area contributed by atoms with Gasteiger partial charge in [-0.05, 0) is 93.3 Å². The molecule has 65 heavy (non-hydrogen) atoms. The maximum absolute atomic E-state index is 13.6. The Balaban J connectivity index is 1.25. The molecule has 0 amide bonds. The number of ether oxygens (including phenoxy) is 3. The van der Waals surface area contributed by atoms with Crippen LogP contribution >= 0.6 is 0 Å². The Kier molecular flexibility index (Phi) is 14.6. The van der Waals surface area contributed by atoms with Crippen molar-refractivity contribution in [1.82, 2.24) is 5.32 Å². The van der Waals surface area contributed by atoms with Crippen LogP contribution in [0.4, 0.5) is 0 Å². The molecule has 0 bridgehead atoms. The van der Waals surface area contributed by atoms with Crippen molar-refractivity contribution in [3.8, 4) is 22.6 Å². The Morgan fingerprint density at radius 1 is 1.00 bits per heavy atom. The predicted octanol–water partition coefficient (Wildman–Crippen LogP) is 0.0881. The number of unbranched alkanes of at least 4 members (excludes halogenated alkanes) is 1. The number of allylic oxidation sites excluding steroid dienone is 1. The van der Waals surface area contributed by atoms with Crippen molar-refractivity contribution in [2.45, 2.75) is 75.1 Å². The molecule has 4 aromatic rings. The molecule has 3 aliphatic heterocycles. The smallest absolute Gasteiger partial charge is 0.324 e. The third-order valence-corrected chi connectivity index (χ3v) is 11.6. The fourth-order valence-electron chi connectivity index (χ4n) is 8.34. The van der Waals surface area contributed by atoms with E-state index < -0.39 is 79.0 Å². The van der Waals surface area contributed by atoms with E-state index in [9.17, 15) is 55.2 Å². The summed E-state index contributed by atoms with van der Waals surface area (Å²) < 4.78 is 23.5. The summed E-state index contributed by atoms with van der Waals surface area (Å²) in [5.41, 5.74) is 5.03. The zero-order valence-electron chi connectivity index (χ0n) is 35.5. The Labute approximate surface area is 371 Å². The van der Waals surface area contributed by atoms with Crippen molar-refractivity contribution in [3.63, 3.8) is 0 Å². The number of aliphatic imine (C=N–C) groups is 1. The second-order valence-corrected chi connectivity index (χ2v) is 16.1. The summed E-state index contributed by atoms with van der Waals surface area (Å²) in [4.78, 5) is 50.5. The number of carboxylic acids is 1. The molecule has 1 unspecified atom stereocenters. The number of hydrogen-bond acceptors (Lipinski definition) is 17. The molecule has 9 atom stereocenters. The molecule has 4 heterocycles. The van der Waals surface area contributed by atoms with E-state index in [1.165, 1.54) is 43.6 Å². The molecule has 346 valence electrons. The number of quaternary nitrogens is 1. The SMILES string of the molecule is CN[C@H](CCO)[C@@H](C(=O)O)C(=O)O[C@](O)(CO)[C@@H]1O[C@H](Oc2ccc3c(=O)c(-c4ccc(O)cc4)coc3c2)[C@@H](O[NH+]2CC3=CC=NC3=C2c2cc(C)cc(CCCCO)c2)[C@H](O)[C@H]1O. The molecule has 3 aliphatic rings. The number of carboxylic acid groups (broad SMARTS) is 1. The van der Waals surface area contributed by atoms with Gasteiger partial charge in [0.2, 0.25) is 12.4 Å². The molecule has 19 heteroatoms. The number of hydrogen-bond donors (Lipinski definition) is 10. The minimum absolute atomic E-state index is 0.00980. The van der Waals surface area contributed by atoms with Crippen molar-refractivity contribution in [3.05, 3.63) is 111 Å². The average molecular weight is 903 g/mol. The summed E-state index contributed by atoms with van der Waals surface area (Å²) in [5, 5.41) is 87.6. The standard InChI is InChI=1S/C46H51N3O16/c1-24-17-25(5-3-4-15-50)19-28(18-24)37-36-27(12-14-48-36)21-49(37)65-41-39(55)40(56)42(46(60,23-52)64-44(59)35(43(57)58)33(47-2)13-16-51)63-45(41)62-30-10-11-31-34(20-30)61-22-32(38(31)54)26-6-8-29(53)9-7-26/h6-12,14,17-20,22,33,35,39-42,45,47,50-53,55-56,60H,3-5,13,15-16,21,23H2,1-2H3,(H,57,58)/p+1/t33-,35+,39-,40-,41+,42-,45+,46-/m1/s1. The highest BCUT2D eigenvalue weighted by Gasteiger charge is 2.59. The van der Waals surface area contributed by atoms with Gasteiger partial charge in [0, 0.05) is 42.7 Å². The van der Waals surface area contributed by atoms with E-state index in [4.69, 9.17) is 23.5 Å². The van der Waals surface area contributed by atoms with Gasteiger partial charge in [0.1, 0.15) is 54.4 Å². The number of phenolic OH excluding ortho intramolecular Hbond substituents is 1. The van der Waals surface area contributed by atoms with Gasteiger partial charge >= 0.3 is 11.9 Å². The van der Waals surface area contributed by atoms with Gasteiger partial charge < -0.3 is 64.8 Å². The number of rotatable bonds is 19. The average Bonchev–Trinajstić information content (AvgIpc) is 3.87. The van der Waals surface area contributed by atoms with Crippen LogP contribution in [-0.4, -0.2) is 135 Å². The van der Waals surface area contributed by atoms with Gasteiger partial charge in [-0.2, -0.15) is 9.90 Å². The van der Waals surface area contributed by atoms with Crippen LogP contribution in [0.15, 0.2) is 98.5 Å². The summed E-state index contributed by atoms with van der Waals surface area (Å²) in [5.74, 6) is -8.48. The first-order valence-corrected chi connectivity index (χ1v) is 21.0. The molecular formula is C46H52N3O16+. The van der Waals surface area contributed by atoms with E-state index in [0.717, 1.165) is 28.7 Å². The van der Waals surface area contributed by atoms with Gasteiger partial charge in [0.15, 0.2) is 23.1 Å². The minimum Gasteiger partial charge on any atom is -0.508 e. The van der Waals surface area contributed by atoms with Crippen molar-refractivity contribution in [2.24, 2.45) is 10.9 Å². The molecule has 7 rings (SSSR count). The van der Waals surface area contributed by atoms with Crippen molar-refractivity contribution in [1.29, 1.82) is 0 Å². The van der Waals surface area contributed by atoms with Crippen LogP contribution < -0.4 is 20.5 Å². The summed E-state index contributed by atoms with van der Waals surface area (Å²) in [7, 11) is 1.34. The first-order valence-electron chi connectivity index (χ1n) is 21.0. The monoisotopic (exact) mass is 902 g/mol. The van der Waals surface area contributed by atoms with Gasteiger partial charge in [-0.15, -0.1) is 0 Å². The number of aliphatic hydroxyl groups excluding tert-OH is 5. The van der Waals surface area contributed by atoms with E-state index in [-0.39, 0.29) is 47.6 Å². The molecule has 1 saturated heterocycles. The minimum atomic E-state index is -3.20. The molecule has 10 N–H and O–H groups in total. The lowest BCUT2D eigenvalue weighted by Crippen LogP contribution is -3.08. The van der Waals surface area contributed by atoms with Crippen molar-refractivity contribution >= 4 is 34.8 Å². The number of aliphatic carboxylic acids is 1. The zero-order valence-corrected chi connectivity index (χ0v) is 35.5. The Bertz CT molecular complexity index is 2540. The number of nitrogens with one attached hydrogen (secondary N) is 2. The van der Waals surface area contributed by atoms with Gasteiger partial charge in [-0.3, -0.25) is 14.4 Å². The number of carbonyl (C=O) groups is 2. The number of aromatic hydroxyl groups is 1. The van der Waals surface area contributed by atoms with Crippen LogP contribution in [0.3, 0.4) is 0 Å². The van der Waals surface area contributed by atoms with Crippen LogP contribution in [-0.2, 0) is 30.3 Å². The van der Waals surface area contributed by atoms with E-state index in [1.54, 1.807) is 18.3 Å². The fourth-order valence-corrected chi connectivity index (χ4v) is 8.34. The molecular weight excluding hydrogens is 851 g/mol. The molecule has 3 aromatic carbocycles. The molecule has 1 fully saturated rings. The van der Waals surface area contributed by atoms with Crippen LogP contribution in [0.5, 0.6) is 11.5 Å². The van der Waals surface area contributed by atoms with Crippen molar-refractivity contribution in [2.75, 3.05) is 33.4 Å². The van der Waals surface area contributed by atoms with Gasteiger partial charge in [-0.1, -0.05) is 23.8 Å². The third kappa shape index (κ3) is 9.89. The molecule has 0 radical (unpaired) electrons. The third-order valence-electron chi connectivity index (χ3n) is 11.6. The Morgan fingerprint density at radius 3 is 2.46 bits per heavy atom. The van der Waals surface area contributed by atoms with Crippen LogP contribution in [0, 0.1) is 12.8 Å². The summed E-state index contributed by atoms with van der Waals surface area (Å²) in [6.45, 7) is 0.210. The highest BCUT2D eigenvalue weighted by Crippen LogP contribution is 2.35. The fraction of sp³-hybridized carbons (Fsp3) is 0.391. The second kappa shape index (κ2) is 20.1. The predicted molar refractivity (Wildman–Crippen MR) is 230 cm³/mol. The molecule has 1 aromatic heterocycles. The normalized spacial score (nSPS) is 23.5. The Hall–Kier alpha value is -5.84. The number of hydroxylamine groups is 2. The number of aryl methyl sites for hydroxylation is 2. The van der Waals surface area contributed by atoms with Crippen LogP contribution in [0.1, 0.15) is 36.0 Å². The molecule has 19 nitrogen and oxygen atoms in total. The number of carbonyl (C=O) groups excluding carboxylic acids is 1. The van der Waals surface area contributed by atoms with Crippen LogP contribution in [0.2, 0.25) is 0 Å². The number of benzene rings is 3. The van der Waals surface area contributed by atoms with Crippen molar-refractivity contribution < 1.29 is 79.0 Å². The molecule has 0 spiro atoms. The van der Waals surface area contributed by atoms with Gasteiger partial charge in [0.05, 0.1) is 10.9 Å². The maximum atomic E-state index is 13.6.